The summed E-state index contributed by atoms with van der Waals surface area (Å²) in [6.45, 7) is 0.0677. The zero-order valence-electron chi connectivity index (χ0n) is 18.5. The summed E-state index contributed by atoms with van der Waals surface area (Å²) in [5, 5.41) is 12.2. The number of aliphatic carboxylic acids is 1. The minimum absolute atomic E-state index is 0.0677. The Morgan fingerprint density at radius 2 is 1.71 bits per heavy atom. The van der Waals surface area contributed by atoms with E-state index in [-0.39, 0.29) is 18.9 Å². The average Bonchev–Trinajstić information content (AvgIpc) is 3.49. The summed E-state index contributed by atoms with van der Waals surface area (Å²) in [5.41, 5.74) is 7.10. The highest BCUT2D eigenvalue weighted by Crippen LogP contribution is 2.44. The lowest BCUT2D eigenvalue weighted by atomic mass is 9.98. The van der Waals surface area contributed by atoms with Gasteiger partial charge in [0.05, 0.1) is 10.4 Å². The van der Waals surface area contributed by atoms with Crippen molar-refractivity contribution >= 4 is 23.4 Å². The molecule has 1 heterocycles. The first-order valence-corrected chi connectivity index (χ1v) is 11.9. The number of carboxylic acids is 1. The van der Waals surface area contributed by atoms with Crippen LogP contribution in [0.15, 0.2) is 78.4 Å². The monoisotopic (exact) mass is 488 g/mol. The van der Waals surface area contributed by atoms with Crippen LogP contribution in [0.3, 0.4) is 0 Å². The Kier molecular flexibility index (Phi) is 6.29. The van der Waals surface area contributed by atoms with Crippen LogP contribution in [0.1, 0.15) is 22.6 Å². The lowest BCUT2D eigenvalue weighted by molar-refractivity contribution is -0.139. The maximum Gasteiger partial charge on any atom is 0.407 e. The van der Waals surface area contributed by atoms with E-state index < -0.39 is 23.9 Å². The number of benzene rings is 3. The molecule has 1 aromatic heterocycles. The van der Waals surface area contributed by atoms with E-state index in [2.05, 4.69) is 10.3 Å². The summed E-state index contributed by atoms with van der Waals surface area (Å²) in [7, 11) is 0. The van der Waals surface area contributed by atoms with Gasteiger partial charge >= 0.3 is 12.1 Å². The molecule has 3 aromatic carbocycles. The van der Waals surface area contributed by atoms with E-state index in [1.54, 1.807) is 17.8 Å². The number of nitrogens with zero attached hydrogens (tertiary/aromatic N) is 1. The van der Waals surface area contributed by atoms with E-state index in [0.717, 1.165) is 27.1 Å². The van der Waals surface area contributed by atoms with Crippen LogP contribution in [0.5, 0.6) is 0 Å². The van der Waals surface area contributed by atoms with E-state index in [1.807, 2.05) is 48.5 Å². The number of fused-ring (bicyclic) bond motifs is 3. The molecule has 1 aliphatic carbocycles. The maximum absolute atomic E-state index is 14.0. The quantitative estimate of drug-likeness (QED) is 0.359. The maximum atomic E-state index is 14.0. The molecule has 6 nitrogen and oxygen atoms in total. The van der Waals surface area contributed by atoms with Gasteiger partial charge < -0.3 is 15.2 Å². The number of aromatic nitrogens is 1. The number of ether oxygens (including phenoxy) is 1. The second kappa shape index (κ2) is 9.68. The van der Waals surface area contributed by atoms with Crippen LogP contribution in [0.2, 0.25) is 0 Å². The van der Waals surface area contributed by atoms with Crippen molar-refractivity contribution in [2.45, 2.75) is 18.4 Å². The molecule has 0 aliphatic heterocycles. The van der Waals surface area contributed by atoms with Crippen molar-refractivity contribution < 1.29 is 23.8 Å². The molecule has 2 N–H and O–H groups in total. The summed E-state index contributed by atoms with van der Waals surface area (Å²) in [6, 6.07) is 18.8. The first-order chi connectivity index (χ1) is 17.0. The van der Waals surface area contributed by atoms with Crippen molar-refractivity contribution in [1.82, 2.24) is 10.3 Å². The van der Waals surface area contributed by atoms with Gasteiger partial charge in [-0.1, -0.05) is 54.6 Å². The minimum atomic E-state index is -1.29. The van der Waals surface area contributed by atoms with Gasteiger partial charge in [-0.15, -0.1) is 11.3 Å². The highest BCUT2D eigenvalue weighted by molar-refractivity contribution is 7.13. The number of nitrogens with one attached hydrogen (secondary N) is 1. The van der Waals surface area contributed by atoms with Crippen LogP contribution >= 0.6 is 11.3 Å². The highest BCUT2D eigenvalue weighted by atomic mass is 32.1. The molecule has 0 radical (unpaired) electrons. The molecule has 1 amide bonds. The van der Waals surface area contributed by atoms with Crippen LogP contribution in [-0.4, -0.2) is 34.8 Å². The molecule has 176 valence electrons. The molecule has 0 fully saturated rings. The lowest BCUT2D eigenvalue weighted by Gasteiger charge is -2.18. The number of halogens is 1. The molecule has 0 spiro atoms. The smallest absolute Gasteiger partial charge is 0.407 e. The molecule has 8 heteroatoms. The van der Waals surface area contributed by atoms with Crippen molar-refractivity contribution in [3.05, 3.63) is 101 Å². The number of hydrogen-bond donors (Lipinski definition) is 2. The van der Waals surface area contributed by atoms with Gasteiger partial charge in [-0.25, -0.2) is 14.0 Å². The number of thiazole rings is 1. The molecule has 0 saturated heterocycles. The Balaban J connectivity index is 1.30. The standard InChI is InChI=1S/C27H21FN2O4S/c28-17-9-10-18(25-13-29-15-35-25)16(11-17)12-24(26(31)32)30-27(33)34-14-23-21-7-3-1-5-19(21)20-6-2-4-8-22(20)23/h1-11,13,15,23-24H,12,14H2,(H,30,33)(H,31,32)/t24-/m0/s1. The second-order valence-corrected chi connectivity index (χ2v) is 9.12. The largest absolute Gasteiger partial charge is 0.480 e. The van der Waals surface area contributed by atoms with Crippen LogP contribution in [0, 0.1) is 5.82 Å². The molecule has 1 atom stereocenters. The summed E-state index contributed by atoms with van der Waals surface area (Å²) >= 11 is 1.36. The Morgan fingerprint density at radius 1 is 1.03 bits per heavy atom. The number of carboxylic acid groups (broad SMARTS) is 1. The van der Waals surface area contributed by atoms with E-state index in [4.69, 9.17) is 4.74 Å². The average molecular weight is 489 g/mol. The number of carbonyl (C=O) groups is 2. The Bertz CT molecular complexity index is 1340. The molecule has 0 unspecified atom stereocenters. The Labute approximate surface area is 205 Å². The van der Waals surface area contributed by atoms with E-state index in [0.29, 0.717) is 11.1 Å². The number of carbonyl (C=O) groups excluding carboxylic acids is 1. The van der Waals surface area contributed by atoms with E-state index in [9.17, 15) is 19.1 Å². The topological polar surface area (TPSA) is 88.5 Å². The Morgan fingerprint density at radius 3 is 2.34 bits per heavy atom. The summed E-state index contributed by atoms with van der Waals surface area (Å²) in [4.78, 5) is 29.4. The van der Waals surface area contributed by atoms with E-state index in [1.165, 1.54) is 23.5 Å². The third kappa shape index (κ3) is 4.65. The van der Waals surface area contributed by atoms with Crippen molar-refractivity contribution in [3.8, 4) is 21.6 Å². The zero-order valence-corrected chi connectivity index (χ0v) is 19.3. The lowest BCUT2D eigenvalue weighted by Crippen LogP contribution is -2.43. The normalized spacial score (nSPS) is 13.1. The third-order valence-electron chi connectivity index (χ3n) is 6.12. The number of alkyl carbamates (subject to hydrolysis) is 1. The summed E-state index contributed by atoms with van der Waals surface area (Å²) in [5.74, 6) is -1.87. The molecule has 0 bridgehead atoms. The fraction of sp³-hybridized carbons (Fsp3) is 0.148. The SMILES string of the molecule is O=C(N[C@@H](Cc1cc(F)ccc1-c1cncs1)C(=O)O)OCC1c2ccccc2-c2ccccc21. The van der Waals surface area contributed by atoms with Gasteiger partial charge in [-0.2, -0.15) is 0 Å². The van der Waals surface area contributed by atoms with Crippen LogP contribution in [0.25, 0.3) is 21.6 Å². The molecule has 5 rings (SSSR count). The molecule has 4 aromatic rings. The van der Waals surface area contributed by atoms with Crippen molar-refractivity contribution in [2.75, 3.05) is 6.61 Å². The van der Waals surface area contributed by atoms with Crippen molar-refractivity contribution in [1.29, 1.82) is 0 Å². The molecule has 35 heavy (non-hydrogen) atoms. The fourth-order valence-electron chi connectivity index (χ4n) is 4.52. The first kappa shape index (κ1) is 22.7. The van der Waals surface area contributed by atoms with Gasteiger partial charge in [-0.3, -0.25) is 4.98 Å². The van der Waals surface area contributed by atoms with Crippen molar-refractivity contribution in [3.63, 3.8) is 0 Å². The minimum Gasteiger partial charge on any atom is -0.480 e. The Hall–Kier alpha value is -4.04. The van der Waals surface area contributed by atoms with E-state index >= 15 is 0 Å². The number of hydrogen-bond acceptors (Lipinski definition) is 5. The van der Waals surface area contributed by atoms with Gasteiger partial charge in [0.15, 0.2) is 0 Å². The van der Waals surface area contributed by atoms with Gasteiger partial charge in [0.2, 0.25) is 0 Å². The van der Waals surface area contributed by atoms with Crippen LogP contribution < -0.4 is 5.32 Å². The molecular weight excluding hydrogens is 467 g/mol. The first-order valence-electron chi connectivity index (χ1n) is 11.0. The highest BCUT2D eigenvalue weighted by Gasteiger charge is 2.30. The number of amides is 1. The summed E-state index contributed by atoms with van der Waals surface area (Å²) in [6.07, 6.45) is 0.690. The van der Waals surface area contributed by atoms with Gasteiger partial charge in [0.25, 0.3) is 0 Å². The fourth-order valence-corrected chi connectivity index (χ4v) is 5.21. The summed E-state index contributed by atoms with van der Waals surface area (Å²) < 4.78 is 19.5. The third-order valence-corrected chi connectivity index (χ3v) is 6.93. The van der Waals surface area contributed by atoms with Gasteiger partial charge in [0.1, 0.15) is 18.5 Å². The predicted octanol–water partition coefficient (Wildman–Crippen LogP) is 5.48. The molecule has 1 aliphatic rings. The molecular formula is C27H21FN2O4S. The van der Waals surface area contributed by atoms with Gasteiger partial charge in [-0.05, 0) is 45.5 Å². The second-order valence-electron chi connectivity index (χ2n) is 8.23. The van der Waals surface area contributed by atoms with Crippen molar-refractivity contribution in [2.24, 2.45) is 0 Å². The van der Waals surface area contributed by atoms with Crippen LogP contribution in [0.4, 0.5) is 9.18 Å². The predicted molar refractivity (Wildman–Crippen MR) is 131 cm³/mol. The van der Waals surface area contributed by atoms with Crippen LogP contribution in [-0.2, 0) is 16.0 Å². The van der Waals surface area contributed by atoms with Gasteiger partial charge in [0, 0.05) is 18.5 Å². The number of rotatable bonds is 7. The zero-order chi connectivity index (χ0) is 24.4. The molecule has 0 saturated carbocycles.